The summed E-state index contributed by atoms with van der Waals surface area (Å²) < 4.78 is 0. The maximum atomic E-state index is 11.6. The van der Waals surface area contributed by atoms with Crippen LogP contribution in [0.1, 0.15) is 10.4 Å². The van der Waals surface area contributed by atoms with Crippen LogP contribution in [0.15, 0.2) is 54.9 Å². The summed E-state index contributed by atoms with van der Waals surface area (Å²) in [4.78, 5) is 20.2. The Kier molecular flexibility index (Phi) is 2.68. The maximum absolute atomic E-state index is 11.6. The fourth-order valence-electron chi connectivity index (χ4n) is 2.02. The minimum Gasteiger partial charge on any atom is -0.366 e. The lowest BCUT2D eigenvalue weighted by molar-refractivity contribution is 0.100. The monoisotopic (exact) mass is 249 g/mol. The molecule has 0 radical (unpaired) electrons. The van der Waals surface area contributed by atoms with Crippen molar-refractivity contribution in [2.24, 2.45) is 5.73 Å². The average Bonchev–Trinajstić information content (AvgIpc) is 2.46. The van der Waals surface area contributed by atoms with Crippen LogP contribution in [-0.2, 0) is 0 Å². The highest BCUT2D eigenvalue weighted by Crippen LogP contribution is 2.24. The molecule has 0 aliphatic heterocycles. The number of benzene rings is 1. The number of pyridine rings is 2. The first-order valence-corrected chi connectivity index (χ1v) is 5.86. The van der Waals surface area contributed by atoms with Crippen molar-refractivity contribution in [3.8, 4) is 11.3 Å². The van der Waals surface area contributed by atoms with E-state index in [2.05, 4.69) is 9.97 Å². The fraction of sp³-hybridized carbons (Fsp3) is 0. The number of nitrogens with zero attached hydrogens (tertiary/aromatic N) is 2. The molecule has 0 bridgehead atoms. The van der Waals surface area contributed by atoms with Crippen LogP contribution in [0.4, 0.5) is 0 Å². The zero-order valence-electron chi connectivity index (χ0n) is 10.1. The van der Waals surface area contributed by atoms with Gasteiger partial charge in [0.2, 0.25) is 0 Å². The first-order valence-electron chi connectivity index (χ1n) is 5.86. The van der Waals surface area contributed by atoms with Gasteiger partial charge in [-0.1, -0.05) is 30.3 Å². The van der Waals surface area contributed by atoms with E-state index in [4.69, 9.17) is 5.73 Å². The van der Waals surface area contributed by atoms with Crippen molar-refractivity contribution in [2.45, 2.75) is 0 Å². The average molecular weight is 249 g/mol. The second-order valence-electron chi connectivity index (χ2n) is 4.18. The number of carbonyl (C=O) groups excluding carboxylic acids is 1. The van der Waals surface area contributed by atoms with E-state index in [1.165, 1.54) is 0 Å². The summed E-state index contributed by atoms with van der Waals surface area (Å²) in [5.41, 5.74) is 8.12. The van der Waals surface area contributed by atoms with E-state index >= 15 is 0 Å². The standard InChI is InChI=1S/C15H11N3O/c16-15(19)12-8-11-9-17-7-6-13(11)18-14(12)10-4-2-1-3-5-10/h1-9H,(H2,16,19). The van der Waals surface area contributed by atoms with E-state index in [1.54, 1.807) is 18.5 Å². The first-order chi connectivity index (χ1) is 9.25. The van der Waals surface area contributed by atoms with Gasteiger partial charge in [0.05, 0.1) is 16.8 Å². The van der Waals surface area contributed by atoms with Gasteiger partial charge in [-0.05, 0) is 12.1 Å². The van der Waals surface area contributed by atoms with E-state index in [1.807, 2.05) is 36.4 Å². The highest BCUT2D eigenvalue weighted by Gasteiger charge is 2.13. The highest BCUT2D eigenvalue weighted by molar-refractivity contribution is 6.02. The number of carbonyl (C=O) groups is 1. The molecule has 2 aromatic heterocycles. The third-order valence-corrected chi connectivity index (χ3v) is 2.93. The number of fused-ring (bicyclic) bond motifs is 1. The molecule has 2 N–H and O–H groups in total. The zero-order valence-corrected chi connectivity index (χ0v) is 10.1. The summed E-state index contributed by atoms with van der Waals surface area (Å²) in [7, 11) is 0. The molecule has 1 amide bonds. The number of nitrogens with two attached hydrogens (primary N) is 1. The van der Waals surface area contributed by atoms with Gasteiger partial charge in [-0.3, -0.25) is 9.78 Å². The van der Waals surface area contributed by atoms with Gasteiger partial charge in [-0.15, -0.1) is 0 Å². The Bertz CT molecular complexity index is 754. The molecule has 92 valence electrons. The summed E-state index contributed by atoms with van der Waals surface area (Å²) in [6.45, 7) is 0. The summed E-state index contributed by atoms with van der Waals surface area (Å²) in [5.74, 6) is -0.489. The number of amides is 1. The van der Waals surface area contributed by atoms with Gasteiger partial charge in [0.25, 0.3) is 5.91 Å². The minimum atomic E-state index is -0.489. The molecule has 0 unspecified atom stereocenters. The number of hydrogen-bond acceptors (Lipinski definition) is 3. The summed E-state index contributed by atoms with van der Waals surface area (Å²) in [6, 6.07) is 13.1. The molecule has 3 rings (SSSR count). The zero-order chi connectivity index (χ0) is 13.2. The van der Waals surface area contributed by atoms with Crippen LogP contribution in [-0.4, -0.2) is 15.9 Å². The van der Waals surface area contributed by atoms with Crippen LogP contribution in [0.2, 0.25) is 0 Å². The van der Waals surface area contributed by atoms with Gasteiger partial charge in [0, 0.05) is 23.3 Å². The Morgan fingerprint density at radius 1 is 1.11 bits per heavy atom. The van der Waals surface area contributed by atoms with E-state index in [-0.39, 0.29) is 0 Å². The summed E-state index contributed by atoms with van der Waals surface area (Å²) in [5, 5.41) is 0.802. The fourth-order valence-corrected chi connectivity index (χ4v) is 2.02. The SMILES string of the molecule is NC(=O)c1cc2cnccc2nc1-c1ccccc1. The van der Waals surface area contributed by atoms with E-state index in [0.717, 1.165) is 16.5 Å². The van der Waals surface area contributed by atoms with Gasteiger partial charge in [-0.2, -0.15) is 0 Å². The van der Waals surface area contributed by atoms with Crippen molar-refractivity contribution in [2.75, 3.05) is 0 Å². The van der Waals surface area contributed by atoms with Gasteiger partial charge in [0.15, 0.2) is 0 Å². The van der Waals surface area contributed by atoms with Gasteiger partial charge >= 0.3 is 0 Å². The Hall–Kier alpha value is -2.75. The summed E-state index contributed by atoms with van der Waals surface area (Å²) >= 11 is 0. The summed E-state index contributed by atoms with van der Waals surface area (Å²) in [6.07, 6.45) is 3.34. The third kappa shape index (κ3) is 2.04. The molecule has 0 atom stereocenters. The van der Waals surface area contributed by atoms with Crippen LogP contribution in [0, 0.1) is 0 Å². The predicted octanol–water partition coefficient (Wildman–Crippen LogP) is 2.40. The second-order valence-corrected chi connectivity index (χ2v) is 4.18. The molecular weight excluding hydrogens is 238 g/mol. The molecule has 0 spiro atoms. The molecule has 3 aromatic rings. The first kappa shape index (κ1) is 11.3. The smallest absolute Gasteiger partial charge is 0.250 e. The molecule has 1 aromatic carbocycles. The van der Waals surface area contributed by atoms with Crippen molar-refractivity contribution >= 4 is 16.8 Å². The number of primary amides is 1. The lowest BCUT2D eigenvalue weighted by Gasteiger charge is -2.08. The molecule has 4 heteroatoms. The van der Waals surface area contributed by atoms with E-state index in [0.29, 0.717) is 11.3 Å². The molecule has 0 fully saturated rings. The third-order valence-electron chi connectivity index (χ3n) is 2.93. The lowest BCUT2D eigenvalue weighted by Crippen LogP contribution is -2.13. The molecule has 0 aliphatic carbocycles. The van der Waals surface area contributed by atoms with Crippen LogP contribution in [0.5, 0.6) is 0 Å². The Balaban J connectivity index is 2.33. The molecule has 2 heterocycles. The molecule has 0 aliphatic rings. The topological polar surface area (TPSA) is 68.9 Å². The Labute approximate surface area is 109 Å². The van der Waals surface area contributed by atoms with Gasteiger partial charge in [0.1, 0.15) is 0 Å². The quantitative estimate of drug-likeness (QED) is 0.758. The molecule has 4 nitrogen and oxygen atoms in total. The minimum absolute atomic E-state index is 0.409. The highest BCUT2D eigenvalue weighted by atomic mass is 16.1. The normalized spacial score (nSPS) is 10.5. The van der Waals surface area contributed by atoms with Crippen LogP contribution in [0.3, 0.4) is 0 Å². The number of hydrogen-bond donors (Lipinski definition) is 1. The maximum Gasteiger partial charge on any atom is 0.250 e. The largest absolute Gasteiger partial charge is 0.366 e. The lowest BCUT2D eigenvalue weighted by atomic mass is 10.0. The molecule has 0 saturated carbocycles. The van der Waals surface area contributed by atoms with Crippen molar-refractivity contribution < 1.29 is 4.79 Å². The van der Waals surface area contributed by atoms with Crippen molar-refractivity contribution in [1.82, 2.24) is 9.97 Å². The predicted molar refractivity (Wildman–Crippen MR) is 73.5 cm³/mol. The Morgan fingerprint density at radius 3 is 2.63 bits per heavy atom. The van der Waals surface area contributed by atoms with Gasteiger partial charge in [-0.25, -0.2) is 4.98 Å². The van der Waals surface area contributed by atoms with Crippen LogP contribution in [0.25, 0.3) is 22.2 Å². The van der Waals surface area contributed by atoms with Gasteiger partial charge < -0.3 is 5.73 Å². The molecule has 19 heavy (non-hydrogen) atoms. The molecule has 0 saturated heterocycles. The van der Waals surface area contributed by atoms with Crippen molar-refractivity contribution in [3.05, 3.63) is 60.4 Å². The molecular formula is C15H11N3O. The Morgan fingerprint density at radius 2 is 1.89 bits per heavy atom. The number of aromatic nitrogens is 2. The van der Waals surface area contributed by atoms with Crippen LogP contribution < -0.4 is 5.73 Å². The second kappa shape index (κ2) is 4.49. The van der Waals surface area contributed by atoms with Crippen molar-refractivity contribution in [3.63, 3.8) is 0 Å². The number of rotatable bonds is 2. The van der Waals surface area contributed by atoms with Crippen LogP contribution >= 0.6 is 0 Å². The van der Waals surface area contributed by atoms with E-state index in [9.17, 15) is 4.79 Å². The van der Waals surface area contributed by atoms with Crippen molar-refractivity contribution in [1.29, 1.82) is 0 Å². The van der Waals surface area contributed by atoms with E-state index < -0.39 is 5.91 Å².